The van der Waals surface area contributed by atoms with Gasteiger partial charge in [0.25, 0.3) is 0 Å². The Hall–Kier alpha value is -0.870. The second-order valence-corrected chi connectivity index (χ2v) is 5.64. The van der Waals surface area contributed by atoms with E-state index in [1.807, 2.05) is 6.92 Å². The van der Waals surface area contributed by atoms with E-state index in [1.165, 1.54) is 12.8 Å². The molecule has 1 saturated heterocycles. The number of aryl methyl sites for hydroxylation is 1. The van der Waals surface area contributed by atoms with Crippen molar-refractivity contribution in [1.82, 2.24) is 15.2 Å². The molecule has 0 saturated carbocycles. The van der Waals surface area contributed by atoms with Gasteiger partial charge in [-0.2, -0.15) is 0 Å². The highest BCUT2D eigenvalue weighted by Gasteiger charge is 2.26. The fourth-order valence-corrected chi connectivity index (χ4v) is 2.69. The van der Waals surface area contributed by atoms with Crippen LogP contribution in [0, 0.1) is 6.92 Å². The number of nitrogens with one attached hydrogen (secondary N) is 1. The molecule has 18 heavy (non-hydrogen) atoms. The topological polar surface area (TPSA) is 41.3 Å². The molecule has 2 rings (SSSR count). The van der Waals surface area contributed by atoms with Gasteiger partial charge in [0.15, 0.2) is 0 Å². The van der Waals surface area contributed by atoms with Crippen LogP contribution in [0.25, 0.3) is 0 Å². The van der Waals surface area contributed by atoms with E-state index < -0.39 is 0 Å². The monoisotopic (exact) mass is 251 g/mol. The van der Waals surface area contributed by atoms with Crippen LogP contribution in [-0.4, -0.2) is 35.1 Å². The van der Waals surface area contributed by atoms with Crippen LogP contribution in [0.15, 0.2) is 10.6 Å². The van der Waals surface area contributed by atoms with E-state index in [0.717, 1.165) is 24.7 Å². The van der Waals surface area contributed by atoms with Crippen LogP contribution < -0.4 is 5.32 Å². The van der Waals surface area contributed by atoms with E-state index in [-0.39, 0.29) is 6.04 Å². The van der Waals surface area contributed by atoms with Crippen molar-refractivity contribution < 1.29 is 4.42 Å². The SMILES string of the molecule is Cc1cnc(C(C)N2CCCC(NC(C)C)C2)o1. The molecule has 0 amide bonds. The smallest absolute Gasteiger partial charge is 0.211 e. The molecule has 2 heterocycles. The maximum Gasteiger partial charge on any atom is 0.211 e. The number of likely N-dealkylation sites (tertiary alicyclic amines) is 1. The van der Waals surface area contributed by atoms with Gasteiger partial charge in [-0.25, -0.2) is 4.98 Å². The third-order valence-corrected chi connectivity index (χ3v) is 3.57. The number of hydrogen-bond donors (Lipinski definition) is 1. The maximum atomic E-state index is 5.64. The normalized spacial score (nSPS) is 23.5. The largest absolute Gasteiger partial charge is 0.444 e. The second kappa shape index (κ2) is 5.85. The van der Waals surface area contributed by atoms with Gasteiger partial charge in [0.1, 0.15) is 5.76 Å². The van der Waals surface area contributed by atoms with Crippen LogP contribution in [0.5, 0.6) is 0 Å². The lowest BCUT2D eigenvalue weighted by atomic mass is 10.0. The molecular weight excluding hydrogens is 226 g/mol. The molecule has 1 fully saturated rings. The minimum absolute atomic E-state index is 0.274. The lowest BCUT2D eigenvalue weighted by molar-refractivity contribution is 0.125. The number of piperidine rings is 1. The summed E-state index contributed by atoms with van der Waals surface area (Å²) in [6.45, 7) is 10.8. The van der Waals surface area contributed by atoms with Crippen molar-refractivity contribution in [1.29, 1.82) is 0 Å². The molecule has 2 atom stereocenters. The van der Waals surface area contributed by atoms with Gasteiger partial charge in [-0.1, -0.05) is 13.8 Å². The Balaban J connectivity index is 1.95. The molecule has 1 aliphatic rings. The molecule has 1 aromatic heterocycles. The number of aromatic nitrogens is 1. The van der Waals surface area contributed by atoms with Crippen molar-refractivity contribution in [3.8, 4) is 0 Å². The Morgan fingerprint density at radius 1 is 1.44 bits per heavy atom. The standard InChI is InChI=1S/C14H25N3O/c1-10(2)16-13-6-5-7-17(9-13)12(4)14-15-8-11(3)18-14/h8,10,12-13,16H,5-7,9H2,1-4H3. The summed E-state index contributed by atoms with van der Waals surface area (Å²) >= 11 is 0. The summed E-state index contributed by atoms with van der Waals surface area (Å²) in [5, 5.41) is 3.63. The Kier molecular flexibility index (Phi) is 4.40. The first-order chi connectivity index (χ1) is 8.56. The van der Waals surface area contributed by atoms with Gasteiger partial charge in [-0.15, -0.1) is 0 Å². The van der Waals surface area contributed by atoms with Crippen LogP contribution in [0.1, 0.15) is 51.3 Å². The summed E-state index contributed by atoms with van der Waals surface area (Å²) in [6.07, 6.45) is 4.32. The Labute approximate surface area is 110 Å². The summed E-state index contributed by atoms with van der Waals surface area (Å²) in [5.74, 6) is 1.74. The molecule has 1 N–H and O–H groups in total. The molecule has 0 bridgehead atoms. The average Bonchev–Trinajstić information content (AvgIpc) is 2.74. The third-order valence-electron chi connectivity index (χ3n) is 3.57. The maximum absolute atomic E-state index is 5.64. The van der Waals surface area contributed by atoms with Crippen molar-refractivity contribution in [3.05, 3.63) is 17.8 Å². The van der Waals surface area contributed by atoms with Crippen molar-refractivity contribution in [2.75, 3.05) is 13.1 Å². The Morgan fingerprint density at radius 3 is 2.83 bits per heavy atom. The van der Waals surface area contributed by atoms with Crippen molar-refractivity contribution in [2.45, 2.75) is 58.7 Å². The number of nitrogens with zero attached hydrogens (tertiary/aromatic N) is 2. The number of rotatable bonds is 4. The predicted octanol–water partition coefficient (Wildman–Crippen LogP) is 2.51. The van der Waals surface area contributed by atoms with Gasteiger partial charge in [0, 0.05) is 18.6 Å². The van der Waals surface area contributed by atoms with Crippen LogP contribution in [0.3, 0.4) is 0 Å². The van der Waals surface area contributed by atoms with Gasteiger partial charge < -0.3 is 9.73 Å². The average molecular weight is 251 g/mol. The molecule has 1 aromatic rings. The van der Waals surface area contributed by atoms with Crippen molar-refractivity contribution in [2.24, 2.45) is 0 Å². The molecule has 102 valence electrons. The highest BCUT2D eigenvalue weighted by Crippen LogP contribution is 2.24. The van der Waals surface area contributed by atoms with Crippen LogP contribution in [-0.2, 0) is 0 Å². The predicted molar refractivity (Wildman–Crippen MR) is 72.5 cm³/mol. The lowest BCUT2D eigenvalue weighted by Gasteiger charge is -2.36. The second-order valence-electron chi connectivity index (χ2n) is 5.64. The Bertz CT molecular complexity index is 375. The van der Waals surface area contributed by atoms with E-state index in [1.54, 1.807) is 6.20 Å². The fraction of sp³-hybridized carbons (Fsp3) is 0.786. The number of oxazole rings is 1. The molecule has 0 radical (unpaired) electrons. The van der Waals surface area contributed by atoms with Crippen LogP contribution in [0.4, 0.5) is 0 Å². The molecule has 4 nitrogen and oxygen atoms in total. The third kappa shape index (κ3) is 3.33. The van der Waals surface area contributed by atoms with Crippen LogP contribution in [0.2, 0.25) is 0 Å². The van der Waals surface area contributed by atoms with E-state index in [4.69, 9.17) is 4.42 Å². The van der Waals surface area contributed by atoms with Gasteiger partial charge in [0.2, 0.25) is 5.89 Å². The summed E-state index contributed by atoms with van der Waals surface area (Å²) < 4.78 is 5.64. The minimum Gasteiger partial charge on any atom is -0.444 e. The first-order valence-electron chi connectivity index (χ1n) is 6.98. The zero-order chi connectivity index (χ0) is 13.1. The zero-order valence-corrected chi connectivity index (χ0v) is 11.9. The molecule has 0 spiro atoms. The zero-order valence-electron chi connectivity index (χ0n) is 11.9. The molecular formula is C14H25N3O. The summed E-state index contributed by atoms with van der Waals surface area (Å²) in [6, 6.07) is 1.42. The van der Waals surface area contributed by atoms with Gasteiger partial charge in [-0.05, 0) is 33.2 Å². The van der Waals surface area contributed by atoms with E-state index in [0.29, 0.717) is 12.1 Å². The first kappa shape index (κ1) is 13.6. The van der Waals surface area contributed by atoms with E-state index in [9.17, 15) is 0 Å². The van der Waals surface area contributed by atoms with Gasteiger partial charge in [0.05, 0.1) is 12.2 Å². The van der Waals surface area contributed by atoms with E-state index >= 15 is 0 Å². The first-order valence-corrected chi connectivity index (χ1v) is 6.98. The summed E-state index contributed by atoms with van der Waals surface area (Å²) in [4.78, 5) is 6.82. The summed E-state index contributed by atoms with van der Waals surface area (Å²) in [5.41, 5.74) is 0. The molecule has 4 heteroatoms. The fourth-order valence-electron chi connectivity index (χ4n) is 2.69. The molecule has 1 aliphatic heterocycles. The molecule has 0 aromatic carbocycles. The molecule has 0 aliphatic carbocycles. The summed E-state index contributed by atoms with van der Waals surface area (Å²) in [7, 11) is 0. The number of hydrogen-bond acceptors (Lipinski definition) is 4. The lowest BCUT2D eigenvalue weighted by Crippen LogP contribution is -2.48. The van der Waals surface area contributed by atoms with Crippen molar-refractivity contribution >= 4 is 0 Å². The van der Waals surface area contributed by atoms with E-state index in [2.05, 4.69) is 36.0 Å². The highest BCUT2D eigenvalue weighted by atomic mass is 16.4. The minimum atomic E-state index is 0.274. The quantitative estimate of drug-likeness (QED) is 0.892. The highest BCUT2D eigenvalue weighted by molar-refractivity contribution is 4.97. The molecule has 2 unspecified atom stereocenters. The van der Waals surface area contributed by atoms with Crippen LogP contribution >= 0.6 is 0 Å². The Morgan fingerprint density at radius 2 is 2.22 bits per heavy atom. The van der Waals surface area contributed by atoms with Gasteiger partial charge in [-0.3, -0.25) is 4.90 Å². The van der Waals surface area contributed by atoms with Crippen molar-refractivity contribution in [3.63, 3.8) is 0 Å². The van der Waals surface area contributed by atoms with Gasteiger partial charge >= 0.3 is 0 Å².